The molecule has 0 spiro atoms. The van der Waals surface area contributed by atoms with Crippen molar-refractivity contribution in [3.8, 4) is 0 Å². The van der Waals surface area contributed by atoms with Crippen molar-refractivity contribution in [3.63, 3.8) is 0 Å². The van der Waals surface area contributed by atoms with Crippen LogP contribution < -0.4 is 10.6 Å². The molecule has 0 saturated carbocycles. The zero-order chi connectivity index (χ0) is 14.3. The van der Waals surface area contributed by atoms with Gasteiger partial charge in [0.15, 0.2) is 0 Å². The molecule has 108 valence electrons. The summed E-state index contributed by atoms with van der Waals surface area (Å²) in [5.74, 6) is 0.967. The highest BCUT2D eigenvalue weighted by molar-refractivity contribution is 6.00. The van der Waals surface area contributed by atoms with Crippen molar-refractivity contribution in [2.45, 2.75) is 45.3 Å². The largest absolute Gasteiger partial charge is 0.384 e. The Morgan fingerprint density at radius 3 is 2.70 bits per heavy atom. The number of anilines is 1. The minimum Gasteiger partial charge on any atom is -0.384 e. The van der Waals surface area contributed by atoms with Crippen molar-refractivity contribution in [2.24, 2.45) is 5.73 Å². The van der Waals surface area contributed by atoms with Gasteiger partial charge in [0.2, 0.25) is 0 Å². The van der Waals surface area contributed by atoms with E-state index in [0.29, 0.717) is 0 Å². The molecule has 2 aliphatic rings. The molecule has 1 aromatic rings. The summed E-state index contributed by atoms with van der Waals surface area (Å²) in [6.45, 7) is 5.75. The van der Waals surface area contributed by atoms with Crippen LogP contribution in [-0.4, -0.2) is 36.1 Å². The number of ether oxygens (including phenoxy) is 1. The highest BCUT2D eigenvalue weighted by atomic mass is 16.5. The van der Waals surface area contributed by atoms with Crippen molar-refractivity contribution < 1.29 is 4.74 Å². The second-order valence-electron chi connectivity index (χ2n) is 5.89. The second kappa shape index (κ2) is 5.05. The van der Waals surface area contributed by atoms with Gasteiger partial charge in [-0.1, -0.05) is 0 Å². The molecule has 0 amide bonds. The van der Waals surface area contributed by atoms with E-state index in [1.54, 1.807) is 0 Å². The maximum Gasteiger partial charge on any atom is 0.140 e. The Kier molecular flexibility index (Phi) is 3.38. The van der Waals surface area contributed by atoms with Crippen LogP contribution in [0.3, 0.4) is 0 Å². The fourth-order valence-corrected chi connectivity index (χ4v) is 3.25. The SMILES string of the molecule is C[C@@H]1CN(c2nc3c(cc2C(=N)N)CCC3)C[C@H](C)O1. The summed E-state index contributed by atoms with van der Waals surface area (Å²) in [7, 11) is 0. The van der Waals surface area contributed by atoms with Crippen molar-refractivity contribution in [1.29, 1.82) is 5.41 Å². The Balaban J connectivity index is 2.01. The molecule has 1 aromatic heterocycles. The van der Waals surface area contributed by atoms with Gasteiger partial charge in [-0.15, -0.1) is 0 Å². The lowest BCUT2D eigenvalue weighted by atomic mass is 10.1. The number of nitrogens with one attached hydrogen (secondary N) is 1. The van der Waals surface area contributed by atoms with Crippen LogP contribution in [0, 0.1) is 5.41 Å². The molecule has 5 heteroatoms. The van der Waals surface area contributed by atoms with Crippen LogP contribution in [0.25, 0.3) is 0 Å². The number of nitrogen functional groups attached to an aromatic ring is 1. The number of amidine groups is 1. The van der Waals surface area contributed by atoms with Crippen molar-refractivity contribution in [2.75, 3.05) is 18.0 Å². The third kappa shape index (κ3) is 2.38. The zero-order valence-corrected chi connectivity index (χ0v) is 12.1. The number of fused-ring (bicyclic) bond motifs is 1. The summed E-state index contributed by atoms with van der Waals surface area (Å²) >= 11 is 0. The van der Waals surface area contributed by atoms with E-state index in [2.05, 4.69) is 24.8 Å². The molecule has 0 bridgehead atoms. The first-order valence-corrected chi connectivity index (χ1v) is 7.32. The lowest BCUT2D eigenvalue weighted by molar-refractivity contribution is -0.00547. The molecule has 3 rings (SSSR count). The Hall–Kier alpha value is -1.62. The van der Waals surface area contributed by atoms with Crippen molar-refractivity contribution >= 4 is 11.7 Å². The predicted octanol–water partition coefficient (Wildman–Crippen LogP) is 1.47. The topological polar surface area (TPSA) is 75.2 Å². The summed E-state index contributed by atoms with van der Waals surface area (Å²) in [4.78, 5) is 7.03. The van der Waals surface area contributed by atoms with Crippen molar-refractivity contribution in [3.05, 3.63) is 22.9 Å². The third-order valence-electron chi connectivity index (χ3n) is 4.04. The van der Waals surface area contributed by atoms with E-state index in [1.165, 1.54) is 11.3 Å². The molecule has 1 aliphatic carbocycles. The normalized spacial score (nSPS) is 25.6. The predicted molar refractivity (Wildman–Crippen MR) is 79.5 cm³/mol. The van der Waals surface area contributed by atoms with Crippen LogP contribution in [0.2, 0.25) is 0 Å². The second-order valence-corrected chi connectivity index (χ2v) is 5.89. The number of aryl methyl sites for hydroxylation is 2. The fourth-order valence-electron chi connectivity index (χ4n) is 3.25. The Labute approximate surface area is 119 Å². The first kappa shape index (κ1) is 13.4. The van der Waals surface area contributed by atoms with E-state index < -0.39 is 0 Å². The molecule has 5 nitrogen and oxygen atoms in total. The Morgan fingerprint density at radius 1 is 1.35 bits per heavy atom. The standard InChI is InChI=1S/C15H22N4O/c1-9-7-19(8-10(2)20-9)15-12(14(16)17)6-11-4-3-5-13(11)18-15/h6,9-10H,3-5,7-8H2,1-2H3,(H3,16,17)/t9-,10+. The van der Waals surface area contributed by atoms with E-state index in [0.717, 1.165) is 43.7 Å². The van der Waals surface area contributed by atoms with E-state index in [9.17, 15) is 0 Å². The lowest BCUT2D eigenvalue weighted by Crippen LogP contribution is -2.46. The average molecular weight is 274 g/mol. The Bertz CT molecular complexity index is 533. The van der Waals surface area contributed by atoms with Gasteiger partial charge < -0.3 is 15.4 Å². The first-order valence-electron chi connectivity index (χ1n) is 7.32. The van der Waals surface area contributed by atoms with E-state index in [-0.39, 0.29) is 18.0 Å². The molecule has 0 radical (unpaired) electrons. The number of morpholine rings is 1. The quantitative estimate of drug-likeness (QED) is 0.632. The third-order valence-corrected chi connectivity index (χ3v) is 4.04. The van der Waals surface area contributed by atoms with E-state index >= 15 is 0 Å². The van der Waals surface area contributed by atoms with Gasteiger partial charge in [0.25, 0.3) is 0 Å². The van der Waals surface area contributed by atoms with Gasteiger partial charge in [-0.2, -0.15) is 0 Å². The molecule has 3 N–H and O–H groups in total. The number of hydrogen-bond donors (Lipinski definition) is 2. The van der Waals surface area contributed by atoms with E-state index in [1.807, 2.05) is 0 Å². The van der Waals surface area contributed by atoms with Crippen LogP contribution in [0.15, 0.2) is 6.07 Å². The highest BCUT2D eigenvalue weighted by Crippen LogP contribution is 2.28. The lowest BCUT2D eigenvalue weighted by Gasteiger charge is -2.37. The maximum absolute atomic E-state index is 7.84. The van der Waals surface area contributed by atoms with E-state index in [4.69, 9.17) is 20.9 Å². The summed E-state index contributed by atoms with van der Waals surface area (Å²) in [6, 6.07) is 2.07. The molecule has 1 aliphatic heterocycles. The summed E-state index contributed by atoms with van der Waals surface area (Å²) in [5.41, 5.74) is 8.98. The van der Waals surface area contributed by atoms with Gasteiger partial charge >= 0.3 is 0 Å². The smallest absolute Gasteiger partial charge is 0.140 e. The number of pyridine rings is 1. The van der Waals surface area contributed by atoms with Crippen molar-refractivity contribution in [1.82, 2.24) is 4.98 Å². The number of nitrogens with zero attached hydrogens (tertiary/aromatic N) is 2. The minimum atomic E-state index is 0.106. The molecule has 20 heavy (non-hydrogen) atoms. The number of aromatic nitrogens is 1. The molecule has 2 atom stereocenters. The van der Waals surface area contributed by atoms with Gasteiger partial charge in [0, 0.05) is 18.8 Å². The van der Waals surface area contributed by atoms with Gasteiger partial charge in [-0.25, -0.2) is 4.98 Å². The van der Waals surface area contributed by atoms with Crippen LogP contribution in [0.4, 0.5) is 5.82 Å². The first-order chi connectivity index (χ1) is 9.54. The molecule has 0 aromatic carbocycles. The molecule has 1 saturated heterocycles. The molecule has 0 unspecified atom stereocenters. The van der Waals surface area contributed by atoms with Crippen LogP contribution >= 0.6 is 0 Å². The fraction of sp³-hybridized carbons (Fsp3) is 0.600. The van der Waals surface area contributed by atoms with Gasteiger partial charge in [0.1, 0.15) is 11.7 Å². The summed E-state index contributed by atoms with van der Waals surface area (Å²) in [6.07, 6.45) is 3.59. The molecule has 2 heterocycles. The highest BCUT2D eigenvalue weighted by Gasteiger charge is 2.27. The van der Waals surface area contributed by atoms with Crippen LogP contribution in [-0.2, 0) is 17.6 Å². The van der Waals surface area contributed by atoms with Crippen LogP contribution in [0.1, 0.15) is 37.1 Å². The maximum atomic E-state index is 7.84. The van der Waals surface area contributed by atoms with Gasteiger partial charge in [0.05, 0.1) is 17.8 Å². The zero-order valence-electron chi connectivity index (χ0n) is 12.1. The number of nitrogens with two attached hydrogens (primary N) is 1. The molecule has 1 fully saturated rings. The molecular formula is C15H22N4O. The summed E-state index contributed by atoms with van der Waals surface area (Å²) in [5, 5.41) is 7.84. The average Bonchev–Trinajstić information content (AvgIpc) is 2.83. The van der Waals surface area contributed by atoms with Crippen LogP contribution in [0.5, 0.6) is 0 Å². The van der Waals surface area contributed by atoms with Gasteiger partial charge in [-0.05, 0) is 44.7 Å². The minimum absolute atomic E-state index is 0.106. The molecular weight excluding hydrogens is 252 g/mol. The Morgan fingerprint density at radius 2 is 2.05 bits per heavy atom. The summed E-state index contributed by atoms with van der Waals surface area (Å²) < 4.78 is 5.78. The number of rotatable bonds is 2. The van der Waals surface area contributed by atoms with Gasteiger partial charge in [-0.3, -0.25) is 5.41 Å². The monoisotopic (exact) mass is 274 g/mol. The number of hydrogen-bond acceptors (Lipinski definition) is 4.